The third-order valence-corrected chi connectivity index (χ3v) is 4.04. The largest absolute Gasteiger partial charge is 0.383 e. The number of anilines is 1. The Labute approximate surface area is 121 Å². The summed E-state index contributed by atoms with van der Waals surface area (Å²) in [5, 5.41) is 3.35. The number of benzene rings is 1. The fourth-order valence-corrected chi connectivity index (χ4v) is 2.57. The van der Waals surface area contributed by atoms with Gasteiger partial charge in [0.2, 0.25) is 0 Å². The van der Waals surface area contributed by atoms with E-state index in [1.165, 1.54) is 11.3 Å². The Bertz CT molecular complexity index is 343. The Hall–Kier alpha value is -0.710. The predicted octanol–water partition coefficient (Wildman–Crippen LogP) is 2.61. The molecule has 0 saturated carbocycles. The normalized spacial score (nSPS) is 12.4. The van der Waals surface area contributed by atoms with Gasteiger partial charge in [0.1, 0.15) is 0 Å². The van der Waals surface area contributed by atoms with Gasteiger partial charge in [-0.05, 0) is 30.9 Å². The number of rotatable bonds is 9. The number of thioether (sulfide) groups is 1. The molecular weight excluding hydrogens is 256 g/mol. The van der Waals surface area contributed by atoms with Gasteiger partial charge in [-0.1, -0.05) is 12.1 Å². The zero-order valence-electron chi connectivity index (χ0n) is 12.5. The molecule has 0 aromatic heterocycles. The molecule has 0 saturated heterocycles. The molecule has 0 heterocycles. The van der Waals surface area contributed by atoms with Gasteiger partial charge in [0.05, 0.1) is 6.61 Å². The van der Waals surface area contributed by atoms with E-state index in [2.05, 4.69) is 54.7 Å². The van der Waals surface area contributed by atoms with Crippen LogP contribution in [0.5, 0.6) is 0 Å². The van der Waals surface area contributed by atoms with Crippen LogP contribution < -0.4 is 10.2 Å². The highest BCUT2D eigenvalue weighted by Crippen LogP contribution is 2.17. The Kier molecular flexibility index (Phi) is 7.94. The molecular formula is C15H26N2OS. The van der Waals surface area contributed by atoms with Gasteiger partial charge < -0.3 is 15.0 Å². The van der Waals surface area contributed by atoms with E-state index in [0.717, 1.165) is 25.4 Å². The van der Waals surface area contributed by atoms with Crippen molar-refractivity contribution in [2.24, 2.45) is 0 Å². The van der Waals surface area contributed by atoms with Crippen LogP contribution in [0.25, 0.3) is 0 Å². The van der Waals surface area contributed by atoms with Crippen molar-refractivity contribution in [1.29, 1.82) is 0 Å². The highest BCUT2D eigenvalue weighted by molar-refractivity contribution is 7.98. The summed E-state index contributed by atoms with van der Waals surface area (Å²) in [7, 11) is 3.88. The summed E-state index contributed by atoms with van der Waals surface area (Å²) >= 11 is 1.89. The number of hydrogen-bond donors (Lipinski definition) is 1. The summed E-state index contributed by atoms with van der Waals surface area (Å²) in [5.41, 5.74) is 2.59. The fourth-order valence-electron chi connectivity index (χ4n) is 1.86. The lowest BCUT2D eigenvalue weighted by Crippen LogP contribution is -2.30. The molecule has 108 valence electrons. The van der Waals surface area contributed by atoms with E-state index in [0.29, 0.717) is 6.04 Å². The Morgan fingerprint density at radius 3 is 2.58 bits per heavy atom. The molecule has 1 aromatic carbocycles. The third-order valence-electron chi connectivity index (χ3n) is 3.22. The van der Waals surface area contributed by atoms with Gasteiger partial charge in [0.25, 0.3) is 0 Å². The van der Waals surface area contributed by atoms with Gasteiger partial charge in [0, 0.05) is 44.7 Å². The molecule has 0 aliphatic carbocycles. The third kappa shape index (κ3) is 5.85. The molecule has 0 bridgehead atoms. The van der Waals surface area contributed by atoms with E-state index in [9.17, 15) is 0 Å². The molecule has 1 N–H and O–H groups in total. The SMILES string of the molecule is COCCNCc1ccc(N(C)C(C)CSC)cc1. The Morgan fingerprint density at radius 2 is 2.00 bits per heavy atom. The lowest BCUT2D eigenvalue weighted by Gasteiger charge is -2.26. The summed E-state index contributed by atoms with van der Waals surface area (Å²) in [4.78, 5) is 2.33. The van der Waals surface area contributed by atoms with Crippen molar-refractivity contribution in [2.75, 3.05) is 44.2 Å². The fraction of sp³-hybridized carbons (Fsp3) is 0.600. The average Bonchev–Trinajstić information content (AvgIpc) is 2.44. The summed E-state index contributed by atoms with van der Waals surface area (Å²) < 4.78 is 5.01. The van der Waals surface area contributed by atoms with E-state index in [-0.39, 0.29) is 0 Å². The predicted molar refractivity (Wildman–Crippen MR) is 86.3 cm³/mol. The average molecular weight is 282 g/mol. The van der Waals surface area contributed by atoms with Crippen LogP contribution >= 0.6 is 11.8 Å². The minimum absolute atomic E-state index is 0.556. The second-order valence-electron chi connectivity index (χ2n) is 4.75. The standard InChI is InChI=1S/C15H26N2OS/c1-13(12-19-4)17(2)15-7-5-14(6-8-15)11-16-9-10-18-3/h5-8,13,16H,9-12H2,1-4H3. The number of nitrogens with one attached hydrogen (secondary N) is 1. The van der Waals surface area contributed by atoms with Gasteiger partial charge in [0.15, 0.2) is 0 Å². The molecule has 4 heteroatoms. The highest BCUT2D eigenvalue weighted by Gasteiger charge is 2.08. The second kappa shape index (κ2) is 9.23. The summed E-state index contributed by atoms with van der Waals surface area (Å²) in [6, 6.07) is 9.34. The highest BCUT2D eigenvalue weighted by atomic mass is 32.2. The molecule has 0 aliphatic rings. The Balaban J connectivity index is 2.46. The van der Waals surface area contributed by atoms with Crippen LogP contribution in [0, 0.1) is 0 Å². The molecule has 19 heavy (non-hydrogen) atoms. The van der Waals surface area contributed by atoms with E-state index in [1.807, 2.05) is 11.8 Å². The molecule has 1 unspecified atom stereocenters. The van der Waals surface area contributed by atoms with Crippen molar-refractivity contribution < 1.29 is 4.74 Å². The molecule has 0 spiro atoms. The minimum atomic E-state index is 0.556. The number of hydrogen-bond acceptors (Lipinski definition) is 4. The second-order valence-corrected chi connectivity index (χ2v) is 5.66. The number of nitrogens with zero attached hydrogens (tertiary/aromatic N) is 1. The van der Waals surface area contributed by atoms with Crippen molar-refractivity contribution >= 4 is 17.4 Å². The van der Waals surface area contributed by atoms with Crippen LogP contribution in [0.2, 0.25) is 0 Å². The topological polar surface area (TPSA) is 24.5 Å². The maximum absolute atomic E-state index is 5.01. The quantitative estimate of drug-likeness (QED) is 0.704. The van der Waals surface area contributed by atoms with E-state index >= 15 is 0 Å². The number of methoxy groups -OCH3 is 1. The van der Waals surface area contributed by atoms with Crippen LogP contribution in [0.15, 0.2) is 24.3 Å². The zero-order chi connectivity index (χ0) is 14.1. The maximum atomic E-state index is 5.01. The van der Waals surface area contributed by atoms with Gasteiger partial charge in [-0.2, -0.15) is 11.8 Å². The van der Waals surface area contributed by atoms with Crippen LogP contribution in [0.3, 0.4) is 0 Å². The first kappa shape index (κ1) is 16.3. The smallest absolute Gasteiger partial charge is 0.0587 e. The minimum Gasteiger partial charge on any atom is -0.383 e. The van der Waals surface area contributed by atoms with Crippen LogP contribution in [-0.2, 0) is 11.3 Å². The molecule has 0 amide bonds. The van der Waals surface area contributed by atoms with Crippen molar-refractivity contribution in [3.63, 3.8) is 0 Å². The zero-order valence-corrected chi connectivity index (χ0v) is 13.3. The first-order chi connectivity index (χ1) is 9.19. The van der Waals surface area contributed by atoms with Gasteiger partial charge >= 0.3 is 0 Å². The van der Waals surface area contributed by atoms with Gasteiger partial charge in [-0.15, -0.1) is 0 Å². The van der Waals surface area contributed by atoms with E-state index < -0.39 is 0 Å². The van der Waals surface area contributed by atoms with E-state index in [1.54, 1.807) is 7.11 Å². The molecule has 1 rings (SSSR count). The lowest BCUT2D eigenvalue weighted by atomic mass is 10.2. The summed E-state index contributed by atoms with van der Waals surface area (Å²) in [6.07, 6.45) is 2.15. The maximum Gasteiger partial charge on any atom is 0.0587 e. The first-order valence-electron chi connectivity index (χ1n) is 6.69. The molecule has 1 atom stereocenters. The first-order valence-corrected chi connectivity index (χ1v) is 8.08. The van der Waals surface area contributed by atoms with Gasteiger partial charge in [-0.3, -0.25) is 0 Å². The van der Waals surface area contributed by atoms with E-state index in [4.69, 9.17) is 4.74 Å². The molecule has 0 aliphatic heterocycles. The molecule has 3 nitrogen and oxygen atoms in total. The van der Waals surface area contributed by atoms with Crippen molar-refractivity contribution in [3.05, 3.63) is 29.8 Å². The Morgan fingerprint density at radius 1 is 1.32 bits per heavy atom. The van der Waals surface area contributed by atoms with Crippen molar-refractivity contribution in [2.45, 2.75) is 19.5 Å². The van der Waals surface area contributed by atoms with Crippen molar-refractivity contribution in [1.82, 2.24) is 5.32 Å². The van der Waals surface area contributed by atoms with Crippen LogP contribution in [0.1, 0.15) is 12.5 Å². The summed E-state index contributed by atoms with van der Waals surface area (Å²) in [5.74, 6) is 1.15. The summed E-state index contributed by atoms with van der Waals surface area (Å²) in [6.45, 7) is 4.81. The molecule has 1 aromatic rings. The monoisotopic (exact) mass is 282 g/mol. The molecule has 0 fully saturated rings. The lowest BCUT2D eigenvalue weighted by molar-refractivity contribution is 0.199. The number of ether oxygens (including phenoxy) is 1. The van der Waals surface area contributed by atoms with Crippen molar-refractivity contribution in [3.8, 4) is 0 Å². The van der Waals surface area contributed by atoms with Crippen LogP contribution in [0.4, 0.5) is 5.69 Å². The van der Waals surface area contributed by atoms with Gasteiger partial charge in [-0.25, -0.2) is 0 Å². The van der Waals surface area contributed by atoms with Crippen LogP contribution in [-0.4, -0.2) is 45.4 Å². The molecule has 0 radical (unpaired) electrons.